The van der Waals surface area contributed by atoms with Crippen LogP contribution in [0.1, 0.15) is 55.1 Å². The third kappa shape index (κ3) is 3.78. The zero-order valence-corrected chi connectivity index (χ0v) is 15.7. The third-order valence-corrected chi connectivity index (χ3v) is 5.21. The number of nitrogens with one attached hydrogen (secondary N) is 1. The zero-order chi connectivity index (χ0) is 18.5. The van der Waals surface area contributed by atoms with E-state index in [1.54, 1.807) is 7.11 Å². The van der Waals surface area contributed by atoms with Crippen LogP contribution < -0.4 is 10.1 Å². The maximum Gasteiger partial charge on any atom is 0.352 e. The van der Waals surface area contributed by atoms with Gasteiger partial charge in [-0.15, -0.1) is 0 Å². The summed E-state index contributed by atoms with van der Waals surface area (Å²) in [5.74, 6) is -0.140. The number of carbonyl (C=O) groups is 1. The Morgan fingerprint density at radius 1 is 1.35 bits per heavy atom. The molecule has 0 spiro atoms. The van der Waals surface area contributed by atoms with Gasteiger partial charge in [0.05, 0.1) is 12.6 Å². The molecule has 1 aliphatic carbocycles. The Bertz CT molecular complexity index is 820. The highest BCUT2D eigenvalue weighted by Gasteiger charge is 2.21. The van der Waals surface area contributed by atoms with Crippen LogP contribution in [0.3, 0.4) is 0 Å². The second kappa shape index (κ2) is 8.41. The molecule has 3 rings (SSSR count). The molecule has 0 saturated heterocycles. The van der Waals surface area contributed by atoms with Gasteiger partial charge >= 0.3 is 5.97 Å². The van der Waals surface area contributed by atoms with E-state index in [9.17, 15) is 9.90 Å². The second-order valence-corrected chi connectivity index (χ2v) is 6.79. The highest BCUT2D eigenvalue weighted by atomic mass is 16.5. The summed E-state index contributed by atoms with van der Waals surface area (Å²) in [6, 6.07) is 5.78. The average Bonchev–Trinajstić information content (AvgIpc) is 2.99. The topological polar surface area (TPSA) is 63.5 Å². The Morgan fingerprint density at radius 3 is 2.85 bits per heavy atom. The summed E-state index contributed by atoms with van der Waals surface area (Å²) in [4.78, 5) is 11.9. The number of fused-ring (bicyclic) bond motifs is 1. The van der Waals surface area contributed by atoms with E-state index in [0.717, 1.165) is 35.2 Å². The highest BCUT2D eigenvalue weighted by molar-refractivity contribution is 5.98. The quantitative estimate of drug-likeness (QED) is 0.545. The first kappa shape index (κ1) is 18.5. The van der Waals surface area contributed by atoms with E-state index in [1.807, 2.05) is 29.7 Å². The molecule has 0 aliphatic heterocycles. The molecule has 0 unspecified atom stereocenters. The Morgan fingerprint density at radius 2 is 2.19 bits per heavy atom. The van der Waals surface area contributed by atoms with Crippen molar-refractivity contribution in [2.45, 2.75) is 52.1 Å². The summed E-state index contributed by atoms with van der Waals surface area (Å²) in [5.41, 5.74) is 3.67. The number of methoxy groups -OCH3 is 1. The van der Waals surface area contributed by atoms with Crippen LogP contribution in [0, 0.1) is 0 Å². The standard InChI is InChI=1S/C21H28N2O3/c1-3-23-19-13-16(26-2)9-10-17(19)18(20(23)21(24)25)14-22-12-11-15-7-5-4-6-8-15/h7,9-10,13,22H,3-6,8,11-12,14H2,1-2H3,(H,24,25). The van der Waals surface area contributed by atoms with Crippen molar-refractivity contribution in [3.63, 3.8) is 0 Å². The summed E-state index contributed by atoms with van der Waals surface area (Å²) < 4.78 is 7.18. The number of aryl methyl sites for hydroxylation is 1. The van der Waals surface area contributed by atoms with Gasteiger partial charge < -0.3 is 19.7 Å². The maximum absolute atomic E-state index is 11.9. The van der Waals surface area contributed by atoms with Crippen LogP contribution in [0.4, 0.5) is 0 Å². The molecule has 1 aromatic carbocycles. The third-order valence-electron chi connectivity index (χ3n) is 5.21. The van der Waals surface area contributed by atoms with E-state index < -0.39 is 5.97 Å². The number of benzene rings is 1. The molecule has 0 fully saturated rings. The number of carboxylic acid groups (broad SMARTS) is 1. The monoisotopic (exact) mass is 356 g/mol. The summed E-state index contributed by atoms with van der Waals surface area (Å²) in [6.07, 6.45) is 8.41. The van der Waals surface area contributed by atoms with Crippen molar-refractivity contribution < 1.29 is 14.6 Å². The molecule has 0 atom stereocenters. The van der Waals surface area contributed by atoms with Gasteiger partial charge in [0.25, 0.3) is 0 Å². The lowest BCUT2D eigenvalue weighted by atomic mass is 9.97. The Kier molecular flexibility index (Phi) is 5.99. The van der Waals surface area contributed by atoms with Crippen molar-refractivity contribution in [3.05, 3.63) is 41.1 Å². The second-order valence-electron chi connectivity index (χ2n) is 6.79. The van der Waals surface area contributed by atoms with Gasteiger partial charge in [-0.3, -0.25) is 0 Å². The van der Waals surface area contributed by atoms with Gasteiger partial charge in [-0.05, 0) is 57.7 Å². The fourth-order valence-electron chi connectivity index (χ4n) is 3.87. The van der Waals surface area contributed by atoms with Gasteiger partial charge in [-0.2, -0.15) is 0 Å². The lowest BCUT2D eigenvalue weighted by Crippen LogP contribution is -2.18. The molecular weight excluding hydrogens is 328 g/mol. The molecule has 1 aromatic heterocycles. The highest BCUT2D eigenvalue weighted by Crippen LogP contribution is 2.30. The molecule has 0 amide bonds. The van der Waals surface area contributed by atoms with Crippen LogP contribution in [-0.4, -0.2) is 29.3 Å². The van der Waals surface area contributed by atoms with Gasteiger partial charge in [-0.25, -0.2) is 4.79 Å². The molecule has 26 heavy (non-hydrogen) atoms. The van der Waals surface area contributed by atoms with E-state index in [1.165, 1.54) is 31.3 Å². The molecule has 2 aromatic rings. The summed E-state index contributed by atoms with van der Waals surface area (Å²) >= 11 is 0. The minimum absolute atomic E-state index is 0.375. The van der Waals surface area contributed by atoms with E-state index in [0.29, 0.717) is 18.8 Å². The molecule has 1 aliphatic rings. The van der Waals surface area contributed by atoms with E-state index in [-0.39, 0.29) is 0 Å². The Labute approximate surface area is 154 Å². The number of hydrogen-bond acceptors (Lipinski definition) is 3. The molecule has 5 nitrogen and oxygen atoms in total. The van der Waals surface area contributed by atoms with Crippen molar-refractivity contribution >= 4 is 16.9 Å². The van der Waals surface area contributed by atoms with Crippen molar-refractivity contribution in [3.8, 4) is 5.75 Å². The zero-order valence-electron chi connectivity index (χ0n) is 15.7. The SMILES string of the molecule is CCn1c(C(=O)O)c(CNCCC2=CCCCC2)c2ccc(OC)cc21. The summed E-state index contributed by atoms with van der Waals surface area (Å²) in [7, 11) is 1.63. The Hall–Kier alpha value is -2.27. The van der Waals surface area contributed by atoms with Crippen LogP contribution in [0.5, 0.6) is 5.75 Å². The van der Waals surface area contributed by atoms with Gasteiger partial charge in [0.2, 0.25) is 0 Å². The fraction of sp³-hybridized carbons (Fsp3) is 0.476. The van der Waals surface area contributed by atoms with Crippen molar-refractivity contribution in [2.24, 2.45) is 0 Å². The number of rotatable bonds is 8. The van der Waals surface area contributed by atoms with Gasteiger partial charge in [0, 0.05) is 30.1 Å². The van der Waals surface area contributed by atoms with Gasteiger partial charge in [0.1, 0.15) is 11.4 Å². The normalized spacial score (nSPS) is 14.5. The van der Waals surface area contributed by atoms with Crippen molar-refractivity contribution in [2.75, 3.05) is 13.7 Å². The van der Waals surface area contributed by atoms with E-state index >= 15 is 0 Å². The average molecular weight is 356 g/mol. The maximum atomic E-state index is 11.9. The first-order valence-corrected chi connectivity index (χ1v) is 9.46. The Balaban J connectivity index is 1.82. The predicted molar refractivity (Wildman–Crippen MR) is 104 cm³/mol. The number of nitrogens with zero attached hydrogens (tertiary/aromatic N) is 1. The molecule has 0 bridgehead atoms. The van der Waals surface area contributed by atoms with Crippen molar-refractivity contribution in [1.29, 1.82) is 0 Å². The van der Waals surface area contributed by atoms with Crippen LogP contribution in [0.2, 0.25) is 0 Å². The van der Waals surface area contributed by atoms with E-state index in [2.05, 4.69) is 11.4 Å². The van der Waals surface area contributed by atoms with Gasteiger partial charge in [-0.1, -0.05) is 11.6 Å². The molecule has 2 N–H and O–H groups in total. The molecular formula is C21H28N2O3. The smallest absolute Gasteiger partial charge is 0.352 e. The molecule has 0 radical (unpaired) electrons. The number of hydrogen-bond donors (Lipinski definition) is 2. The van der Waals surface area contributed by atoms with Gasteiger partial charge in [0.15, 0.2) is 0 Å². The molecule has 0 saturated carbocycles. The lowest BCUT2D eigenvalue weighted by molar-refractivity contribution is 0.0684. The number of aromatic carboxylic acids is 1. The largest absolute Gasteiger partial charge is 0.497 e. The number of ether oxygens (including phenoxy) is 1. The number of carboxylic acids is 1. The first-order valence-electron chi connectivity index (χ1n) is 9.46. The van der Waals surface area contributed by atoms with Crippen LogP contribution in [-0.2, 0) is 13.1 Å². The fourth-order valence-corrected chi connectivity index (χ4v) is 3.87. The van der Waals surface area contributed by atoms with Crippen molar-refractivity contribution in [1.82, 2.24) is 9.88 Å². The molecule has 5 heteroatoms. The summed E-state index contributed by atoms with van der Waals surface area (Å²) in [6.45, 7) is 4.01. The van der Waals surface area contributed by atoms with E-state index in [4.69, 9.17) is 4.74 Å². The number of allylic oxidation sites excluding steroid dienone is 1. The minimum Gasteiger partial charge on any atom is -0.497 e. The summed E-state index contributed by atoms with van der Waals surface area (Å²) in [5, 5.41) is 14.2. The van der Waals surface area contributed by atoms with Crippen LogP contribution in [0.25, 0.3) is 10.9 Å². The number of aromatic nitrogens is 1. The van der Waals surface area contributed by atoms with Crippen LogP contribution >= 0.6 is 0 Å². The molecule has 140 valence electrons. The predicted octanol–water partition coefficient (Wildman–Crippen LogP) is 4.35. The lowest BCUT2D eigenvalue weighted by Gasteiger charge is -2.13. The minimum atomic E-state index is -0.881. The first-order chi connectivity index (χ1) is 12.7. The van der Waals surface area contributed by atoms with Crippen LogP contribution in [0.15, 0.2) is 29.8 Å². The molecule has 1 heterocycles.